The zero-order valence-electron chi connectivity index (χ0n) is 15.3. The van der Waals surface area contributed by atoms with E-state index < -0.39 is 23.4 Å². The largest absolute Gasteiger partial charge is 0.343 e. The van der Waals surface area contributed by atoms with Crippen molar-refractivity contribution < 1.29 is 23.5 Å². The number of carbonyl (C=O) groups excluding carboxylic acids is 2. The Balaban J connectivity index is 1.75. The summed E-state index contributed by atoms with van der Waals surface area (Å²) in [5.74, 6) is -2.75. The van der Waals surface area contributed by atoms with Crippen molar-refractivity contribution in [3.8, 4) is 0 Å². The van der Waals surface area contributed by atoms with Crippen LogP contribution in [0.1, 0.15) is 51.5 Å². The number of imide groups is 1. The molecule has 1 saturated heterocycles. The number of rotatable bonds is 3. The van der Waals surface area contributed by atoms with Crippen molar-refractivity contribution in [2.45, 2.75) is 57.8 Å². The second-order valence-corrected chi connectivity index (χ2v) is 7.71. The van der Waals surface area contributed by atoms with Crippen molar-refractivity contribution >= 4 is 29.1 Å². The minimum Gasteiger partial charge on any atom is -0.343 e. The predicted molar refractivity (Wildman–Crippen MR) is 97.9 cm³/mol. The van der Waals surface area contributed by atoms with E-state index in [0.29, 0.717) is 36.2 Å². The van der Waals surface area contributed by atoms with Gasteiger partial charge in [0, 0.05) is 16.7 Å². The Labute approximate surface area is 162 Å². The van der Waals surface area contributed by atoms with Gasteiger partial charge in [0.2, 0.25) is 0 Å². The van der Waals surface area contributed by atoms with Crippen LogP contribution in [0.5, 0.6) is 0 Å². The molecule has 1 aromatic rings. The van der Waals surface area contributed by atoms with Crippen LogP contribution in [-0.4, -0.2) is 24.5 Å². The molecule has 4 rings (SSSR count). The minimum absolute atomic E-state index is 0.0939. The Morgan fingerprint density at radius 2 is 1.85 bits per heavy atom. The number of ether oxygens (including phenoxy) is 2. The summed E-state index contributed by atoms with van der Waals surface area (Å²) in [6.07, 6.45) is 3.50. The number of hydrogen-bond donors (Lipinski definition) is 0. The summed E-state index contributed by atoms with van der Waals surface area (Å²) >= 11 is 6.26. The molecule has 144 valence electrons. The van der Waals surface area contributed by atoms with E-state index in [1.165, 1.54) is 6.07 Å². The Hall–Kier alpha value is -1.76. The second-order valence-electron chi connectivity index (χ2n) is 7.30. The van der Waals surface area contributed by atoms with Crippen LogP contribution < -0.4 is 4.90 Å². The Bertz CT molecular complexity index is 840. The van der Waals surface area contributed by atoms with E-state index in [1.807, 2.05) is 6.92 Å². The first kappa shape index (κ1) is 18.6. The number of amides is 2. The zero-order chi connectivity index (χ0) is 19.3. The Morgan fingerprint density at radius 1 is 1.22 bits per heavy atom. The monoisotopic (exact) mass is 393 g/mol. The van der Waals surface area contributed by atoms with Crippen LogP contribution in [0.2, 0.25) is 5.02 Å². The van der Waals surface area contributed by atoms with Gasteiger partial charge < -0.3 is 9.47 Å². The number of anilines is 1. The maximum absolute atomic E-state index is 14.7. The highest BCUT2D eigenvalue weighted by molar-refractivity contribution is 6.34. The molecule has 27 heavy (non-hydrogen) atoms. The maximum Gasteiger partial charge on any atom is 0.261 e. The number of carbonyl (C=O) groups is 2. The van der Waals surface area contributed by atoms with Crippen molar-refractivity contribution in [3.63, 3.8) is 0 Å². The molecule has 1 aromatic carbocycles. The maximum atomic E-state index is 14.7. The first-order valence-electron chi connectivity index (χ1n) is 9.28. The fourth-order valence-electron chi connectivity index (χ4n) is 4.00. The van der Waals surface area contributed by atoms with Crippen LogP contribution in [0.25, 0.3) is 0 Å². The van der Waals surface area contributed by atoms with Gasteiger partial charge in [-0.3, -0.25) is 9.59 Å². The van der Waals surface area contributed by atoms with E-state index in [1.54, 1.807) is 6.92 Å². The SMILES string of the molecule is CCC1COC(C)(c2cc(N3C(=O)C4=C(CCCC4)C3=O)c(F)cc2Cl)O1. The summed E-state index contributed by atoms with van der Waals surface area (Å²) in [6.45, 7) is 4.09. The van der Waals surface area contributed by atoms with Crippen molar-refractivity contribution in [2.24, 2.45) is 0 Å². The highest BCUT2D eigenvalue weighted by Crippen LogP contribution is 2.43. The molecular formula is C20H21ClFNO4. The second kappa shape index (κ2) is 6.69. The molecule has 0 radical (unpaired) electrons. The first-order valence-corrected chi connectivity index (χ1v) is 9.65. The molecule has 2 unspecified atom stereocenters. The lowest BCUT2D eigenvalue weighted by Gasteiger charge is -2.27. The predicted octanol–water partition coefficient (Wildman–Crippen LogP) is 4.22. The third kappa shape index (κ3) is 2.91. The number of hydrogen-bond acceptors (Lipinski definition) is 4. The van der Waals surface area contributed by atoms with E-state index in [0.717, 1.165) is 30.2 Å². The zero-order valence-corrected chi connectivity index (χ0v) is 16.1. The van der Waals surface area contributed by atoms with Crippen LogP contribution in [0.4, 0.5) is 10.1 Å². The van der Waals surface area contributed by atoms with E-state index in [2.05, 4.69) is 0 Å². The van der Waals surface area contributed by atoms with Gasteiger partial charge >= 0.3 is 0 Å². The molecule has 2 heterocycles. The van der Waals surface area contributed by atoms with Crippen molar-refractivity contribution in [1.29, 1.82) is 0 Å². The fraction of sp³-hybridized carbons (Fsp3) is 0.500. The highest BCUT2D eigenvalue weighted by atomic mass is 35.5. The third-order valence-corrected chi connectivity index (χ3v) is 5.86. The molecule has 2 amide bonds. The topological polar surface area (TPSA) is 55.8 Å². The van der Waals surface area contributed by atoms with Crippen LogP contribution in [0, 0.1) is 5.82 Å². The smallest absolute Gasteiger partial charge is 0.261 e. The van der Waals surface area contributed by atoms with Crippen molar-refractivity contribution in [2.75, 3.05) is 11.5 Å². The van der Waals surface area contributed by atoms with Crippen molar-refractivity contribution in [1.82, 2.24) is 0 Å². The first-order chi connectivity index (χ1) is 12.9. The summed E-state index contributed by atoms with van der Waals surface area (Å²) < 4.78 is 26.5. The van der Waals surface area contributed by atoms with Crippen LogP contribution in [-0.2, 0) is 24.8 Å². The molecule has 0 spiro atoms. The van der Waals surface area contributed by atoms with Gasteiger partial charge in [-0.25, -0.2) is 9.29 Å². The molecule has 1 aliphatic carbocycles. The van der Waals surface area contributed by atoms with Gasteiger partial charge in [0.1, 0.15) is 5.82 Å². The molecule has 1 fully saturated rings. The molecule has 5 nitrogen and oxygen atoms in total. The average molecular weight is 394 g/mol. The van der Waals surface area contributed by atoms with Crippen LogP contribution in [0.3, 0.4) is 0 Å². The number of halogens is 2. The number of nitrogens with zero attached hydrogens (tertiary/aromatic N) is 1. The highest BCUT2D eigenvalue weighted by Gasteiger charge is 2.44. The summed E-state index contributed by atoms with van der Waals surface area (Å²) in [5, 5.41) is 0.132. The van der Waals surface area contributed by atoms with E-state index >= 15 is 0 Å². The van der Waals surface area contributed by atoms with Gasteiger partial charge in [-0.05, 0) is 51.2 Å². The fourth-order valence-corrected chi connectivity index (χ4v) is 4.32. The summed E-state index contributed by atoms with van der Waals surface area (Å²) in [6, 6.07) is 2.52. The quantitative estimate of drug-likeness (QED) is 0.721. The van der Waals surface area contributed by atoms with Crippen LogP contribution >= 0.6 is 11.6 Å². The van der Waals surface area contributed by atoms with Crippen molar-refractivity contribution in [3.05, 3.63) is 39.7 Å². The standard InChI is InChI=1S/C20H21ClFNO4/c1-3-11-10-26-20(2,27-11)14-8-17(16(22)9-15(14)21)23-18(24)12-6-4-5-7-13(12)19(23)25/h8-9,11H,3-7,10H2,1-2H3. The van der Waals surface area contributed by atoms with Gasteiger partial charge in [0.25, 0.3) is 11.8 Å². The summed E-state index contributed by atoms with van der Waals surface area (Å²) in [4.78, 5) is 26.5. The van der Waals surface area contributed by atoms with Crippen LogP contribution in [0.15, 0.2) is 23.3 Å². The lowest BCUT2D eigenvalue weighted by molar-refractivity contribution is -0.161. The lowest BCUT2D eigenvalue weighted by atomic mass is 9.93. The minimum atomic E-state index is -1.15. The summed E-state index contributed by atoms with van der Waals surface area (Å²) in [7, 11) is 0. The van der Waals surface area contributed by atoms with E-state index in [4.69, 9.17) is 21.1 Å². The molecule has 2 atom stereocenters. The molecule has 7 heteroatoms. The molecule has 3 aliphatic rings. The third-order valence-electron chi connectivity index (χ3n) is 5.55. The molecule has 2 aliphatic heterocycles. The normalized spacial score (nSPS) is 28.3. The van der Waals surface area contributed by atoms with Gasteiger partial charge in [-0.2, -0.15) is 0 Å². The average Bonchev–Trinajstić information content (AvgIpc) is 3.15. The van der Waals surface area contributed by atoms with Gasteiger partial charge in [0.15, 0.2) is 5.79 Å². The molecule has 0 N–H and O–H groups in total. The Morgan fingerprint density at radius 3 is 2.41 bits per heavy atom. The van der Waals surface area contributed by atoms with E-state index in [9.17, 15) is 14.0 Å². The molecule has 0 saturated carbocycles. The van der Waals surface area contributed by atoms with Gasteiger partial charge in [-0.15, -0.1) is 0 Å². The molecule has 0 bridgehead atoms. The van der Waals surface area contributed by atoms with Gasteiger partial charge in [0.05, 0.1) is 23.4 Å². The molecule has 0 aromatic heterocycles. The number of benzene rings is 1. The summed E-state index contributed by atoms with van der Waals surface area (Å²) in [5.41, 5.74) is 1.31. The molecular weight excluding hydrogens is 373 g/mol. The Kier molecular flexibility index (Phi) is 4.61. The van der Waals surface area contributed by atoms with E-state index in [-0.39, 0.29) is 16.8 Å². The lowest BCUT2D eigenvalue weighted by Crippen LogP contribution is -2.33. The van der Waals surface area contributed by atoms with Gasteiger partial charge in [-0.1, -0.05) is 18.5 Å².